The lowest BCUT2D eigenvalue weighted by atomic mass is 9.91. The highest BCUT2D eigenvalue weighted by atomic mass is 19.1. The van der Waals surface area contributed by atoms with Crippen LogP contribution in [0.4, 0.5) is 4.39 Å². The topological polar surface area (TPSA) is 12.5 Å². The van der Waals surface area contributed by atoms with Gasteiger partial charge >= 0.3 is 0 Å². The first kappa shape index (κ1) is 14.1. The van der Waals surface area contributed by atoms with Crippen LogP contribution in [0.2, 0.25) is 0 Å². The number of nitrogens with zero attached hydrogens (tertiary/aromatic N) is 1. The summed E-state index contributed by atoms with van der Waals surface area (Å²) in [6.07, 6.45) is 2.35. The van der Waals surface area contributed by atoms with E-state index in [-0.39, 0.29) is 5.82 Å². The Hall–Kier alpha value is -1.35. The average molecular weight is 263 g/mol. The Bertz CT molecular complexity index is 425. The van der Waals surface area contributed by atoms with Crippen LogP contribution in [-0.2, 0) is 0 Å². The molecule has 104 valence electrons. The van der Waals surface area contributed by atoms with Crippen molar-refractivity contribution in [3.8, 4) is 5.75 Å². The van der Waals surface area contributed by atoms with Gasteiger partial charge in [-0.25, -0.2) is 4.39 Å². The van der Waals surface area contributed by atoms with Crippen LogP contribution < -0.4 is 4.74 Å². The second-order valence-electron chi connectivity index (χ2n) is 5.24. The van der Waals surface area contributed by atoms with E-state index in [0.717, 1.165) is 19.6 Å². The fourth-order valence-corrected chi connectivity index (χ4v) is 2.50. The minimum atomic E-state index is -0.288. The van der Waals surface area contributed by atoms with Crippen LogP contribution >= 0.6 is 0 Å². The van der Waals surface area contributed by atoms with Gasteiger partial charge in [0.1, 0.15) is 6.61 Å². The zero-order valence-electron chi connectivity index (χ0n) is 11.6. The molecule has 19 heavy (non-hydrogen) atoms. The highest BCUT2D eigenvalue weighted by Crippen LogP contribution is 2.23. The van der Waals surface area contributed by atoms with Gasteiger partial charge in [-0.15, -0.1) is 0 Å². The quantitative estimate of drug-likeness (QED) is 0.754. The smallest absolute Gasteiger partial charge is 0.165 e. The molecule has 1 saturated heterocycles. The lowest BCUT2D eigenvalue weighted by molar-refractivity contribution is 0.162. The van der Waals surface area contributed by atoms with E-state index in [0.29, 0.717) is 18.3 Å². The molecule has 3 heteroatoms. The summed E-state index contributed by atoms with van der Waals surface area (Å²) in [5, 5.41) is 0. The van der Waals surface area contributed by atoms with Gasteiger partial charge in [0.2, 0.25) is 0 Å². The number of para-hydroxylation sites is 1. The van der Waals surface area contributed by atoms with Crippen LogP contribution in [0.1, 0.15) is 19.8 Å². The first-order chi connectivity index (χ1) is 9.16. The highest BCUT2D eigenvalue weighted by Gasteiger charge is 2.19. The standard InChI is InChI=1S/C16H22FNO/c1-13(2)14-7-9-18(10-8-14)11-12-19-16-6-4-3-5-15(16)17/h3-6,14H,1,7-12H2,2H3. The Morgan fingerprint density at radius 3 is 2.68 bits per heavy atom. The Kier molecular flexibility index (Phi) is 4.97. The van der Waals surface area contributed by atoms with Gasteiger partial charge in [0.05, 0.1) is 0 Å². The highest BCUT2D eigenvalue weighted by molar-refractivity contribution is 5.23. The average Bonchev–Trinajstić information content (AvgIpc) is 2.41. The number of piperidine rings is 1. The van der Waals surface area contributed by atoms with Gasteiger partial charge in [0.15, 0.2) is 11.6 Å². The molecule has 2 rings (SSSR count). The molecule has 2 nitrogen and oxygen atoms in total. The molecular weight excluding hydrogens is 241 g/mol. The molecular formula is C16H22FNO. The Morgan fingerprint density at radius 1 is 1.37 bits per heavy atom. The molecule has 0 saturated carbocycles. The lowest BCUT2D eigenvalue weighted by Gasteiger charge is -2.32. The van der Waals surface area contributed by atoms with E-state index >= 15 is 0 Å². The summed E-state index contributed by atoms with van der Waals surface area (Å²) in [7, 11) is 0. The number of ether oxygens (including phenoxy) is 1. The molecule has 0 aromatic heterocycles. The maximum Gasteiger partial charge on any atom is 0.165 e. The van der Waals surface area contributed by atoms with Gasteiger partial charge in [-0.05, 0) is 50.9 Å². The molecule has 0 N–H and O–H groups in total. The van der Waals surface area contributed by atoms with E-state index in [1.807, 2.05) is 0 Å². The molecule has 1 aromatic carbocycles. The normalized spacial score (nSPS) is 17.4. The van der Waals surface area contributed by atoms with Crippen LogP contribution in [0.25, 0.3) is 0 Å². The fraction of sp³-hybridized carbons (Fsp3) is 0.500. The minimum Gasteiger partial charge on any atom is -0.489 e. The van der Waals surface area contributed by atoms with E-state index in [4.69, 9.17) is 4.74 Å². The second kappa shape index (κ2) is 6.71. The summed E-state index contributed by atoms with van der Waals surface area (Å²) in [6, 6.07) is 6.55. The molecule has 1 aliphatic heterocycles. The molecule has 0 aliphatic carbocycles. The lowest BCUT2D eigenvalue weighted by Crippen LogP contribution is -2.36. The Balaban J connectivity index is 1.70. The molecule has 0 spiro atoms. The van der Waals surface area contributed by atoms with Crippen LogP contribution in [0.3, 0.4) is 0 Å². The van der Waals surface area contributed by atoms with Crippen LogP contribution in [0.15, 0.2) is 36.4 Å². The molecule has 0 radical (unpaired) electrons. The third-order valence-corrected chi connectivity index (χ3v) is 3.79. The summed E-state index contributed by atoms with van der Waals surface area (Å²) in [5.41, 5.74) is 1.29. The van der Waals surface area contributed by atoms with Gasteiger partial charge in [0.25, 0.3) is 0 Å². The van der Waals surface area contributed by atoms with Gasteiger partial charge in [-0.3, -0.25) is 4.90 Å². The second-order valence-corrected chi connectivity index (χ2v) is 5.24. The van der Waals surface area contributed by atoms with E-state index < -0.39 is 0 Å². The third-order valence-electron chi connectivity index (χ3n) is 3.79. The maximum atomic E-state index is 13.3. The van der Waals surface area contributed by atoms with E-state index in [1.54, 1.807) is 18.2 Å². The van der Waals surface area contributed by atoms with Crippen LogP contribution in [0.5, 0.6) is 5.75 Å². The maximum absolute atomic E-state index is 13.3. The van der Waals surface area contributed by atoms with Crippen molar-refractivity contribution in [1.29, 1.82) is 0 Å². The number of benzene rings is 1. The van der Waals surface area contributed by atoms with Crippen molar-refractivity contribution in [2.45, 2.75) is 19.8 Å². The zero-order valence-corrected chi connectivity index (χ0v) is 11.6. The first-order valence-corrected chi connectivity index (χ1v) is 6.92. The van der Waals surface area contributed by atoms with Crippen LogP contribution in [0, 0.1) is 11.7 Å². The van der Waals surface area contributed by atoms with E-state index in [9.17, 15) is 4.39 Å². The van der Waals surface area contributed by atoms with Crippen molar-refractivity contribution in [3.63, 3.8) is 0 Å². The molecule has 0 amide bonds. The number of halogens is 1. The molecule has 1 fully saturated rings. The van der Waals surface area contributed by atoms with Gasteiger partial charge in [-0.2, -0.15) is 0 Å². The summed E-state index contributed by atoms with van der Waals surface area (Å²) in [5.74, 6) is 0.728. The third kappa shape index (κ3) is 4.06. The summed E-state index contributed by atoms with van der Waals surface area (Å²) >= 11 is 0. The summed E-state index contributed by atoms with van der Waals surface area (Å²) in [4.78, 5) is 2.38. The number of likely N-dealkylation sites (tertiary alicyclic amines) is 1. The molecule has 1 aliphatic rings. The zero-order chi connectivity index (χ0) is 13.7. The molecule has 0 bridgehead atoms. The predicted molar refractivity (Wildman–Crippen MR) is 75.9 cm³/mol. The summed E-state index contributed by atoms with van der Waals surface area (Å²) in [6.45, 7) is 9.70. The Morgan fingerprint density at radius 2 is 2.05 bits per heavy atom. The molecule has 1 aromatic rings. The van der Waals surface area contributed by atoms with Crippen molar-refractivity contribution in [3.05, 3.63) is 42.2 Å². The van der Waals surface area contributed by atoms with Gasteiger partial charge in [-0.1, -0.05) is 24.3 Å². The van der Waals surface area contributed by atoms with Gasteiger partial charge in [0, 0.05) is 6.54 Å². The number of hydrogen-bond donors (Lipinski definition) is 0. The molecule has 0 atom stereocenters. The number of hydrogen-bond acceptors (Lipinski definition) is 2. The fourth-order valence-electron chi connectivity index (χ4n) is 2.50. The van der Waals surface area contributed by atoms with E-state index in [1.165, 1.54) is 24.5 Å². The summed E-state index contributed by atoms with van der Waals surface area (Å²) < 4.78 is 18.8. The van der Waals surface area contributed by atoms with Crippen LogP contribution in [-0.4, -0.2) is 31.1 Å². The Labute approximate surface area is 114 Å². The molecule has 1 heterocycles. The van der Waals surface area contributed by atoms with Crippen molar-refractivity contribution < 1.29 is 9.13 Å². The van der Waals surface area contributed by atoms with Crippen molar-refractivity contribution in [2.75, 3.05) is 26.2 Å². The van der Waals surface area contributed by atoms with Crippen molar-refractivity contribution in [1.82, 2.24) is 4.90 Å². The largest absolute Gasteiger partial charge is 0.489 e. The van der Waals surface area contributed by atoms with E-state index in [2.05, 4.69) is 18.4 Å². The first-order valence-electron chi connectivity index (χ1n) is 6.92. The SMILES string of the molecule is C=C(C)C1CCN(CCOc2ccccc2F)CC1. The van der Waals surface area contributed by atoms with Crippen molar-refractivity contribution in [2.24, 2.45) is 5.92 Å². The predicted octanol–water partition coefficient (Wildman–Crippen LogP) is 3.49. The minimum absolute atomic E-state index is 0.288. The van der Waals surface area contributed by atoms with Gasteiger partial charge < -0.3 is 4.74 Å². The number of rotatable bonds is 5. The number of allylic oxidation sites excluding steroid dienone is 1. The van der Waals surface area contributed by atoms with Crippen molar-refractivity contribution >= 4 is 0 Å². The molecule has 0 unspecified atom stereocenters. The monoisotopic (exact) mass is 263 g/mol.